The summed E-state index contributed by atoms with van der Waals surface area (Å²) in [7, 11) is 0. The summed E-state index contributed by atoms with van der Waals surface area (Å²) in [5.74, 6) is 0. The van der Waals surface area contributed by atoms with Gasteiger partial charge in [-0.05, 0) is 40.8 Å². The van der Waals surface area contributed by atoms with Crippen LogP contribution >= 0.6 is 23.2 Å². The first-order chi connectivity index (χ1) is 12.4. The Balaban J connectivity index is 1.45. The van der Waals surface area contributed by atoms with Gasteiger partial charge < -0.3 is 10.6 Å². The number of halogens is 2. The Hall–Kier alpha value is -1.52. The average Bonchev–Trinajstić information content (AvgIpc) is 2.63. The van der Waals surface area contributed by atoms with Gasteiger partial charge >= 0.3 is 0 Å². The van der Waals surface area contributed by atoms with E-state index in [0.717, 1.165) is 25.2 Å². The van der Waals surface area contributed by atoms with Crippen molar-refractivity contribution in [2.24, 2.45) is 5.41 Å². The second kappa shape index (κ2) is 8.45. The fraction of sp³-hybridized carbons (Fsp3) is 0.333. The molecule has 0 saturated heterocycles. The molecule has 1 heterocycles. The van der Waals surface area contributed by atoms with E-state index in [1.165, 1.54) is 11.3 Å². The second-order valence-electron chi connectivity index (χ2n) is 7.47. The van der Waals surface area contributed by atoms with Crippen LogP contribution < -0.4 is 16.0 Å². The van der Waals surface area contributed by atoms with Crippen molar-refractivity contribution in [3.63, 3.8) is 0 Å². The molecule has 0 saturated carbocycles. The van der Waals surface area contributed by atoms with Crippen LogP contribution in [0.25, 0.3) is 6.08 Å². The van der Waals surface area contributed by atoms with Crippen molar-refractivity contribution >= 4 is 35.0 Å². The SMILES string of the molecule is CC(C)(CNCc1ccc(Cl)c(Cl)c1)CNC1C=Cc2ccccc2N1. The summed E-state index contributed by atoms with van der Waals surface area (Å²) in [5, 5.41) is 11.8. The molecule has 1 atom stereocenters. The van der Waals surface area contributed by atoms with Crippen LogP contribution in [0.5, 0.6) is 0 Å². The lowest BCUT2D eigenvalue weighted by Gasteiger charge is -2.30. The third kappa shape index (κ3) is 5.24. The molecule has 1 aliphatic heterocycles. The van der Waals surface area contributed by atoms with E-state index < -0.39 is 0 Å². The van der Waals surface area contributed by atoms with Gasteiger partial charge in [0.2, 0.25) is 0 Å². The fourth-order valence-corrected chi connectivity index (χ4v) is 3.27. The Labute approximate surface area is 165 Å². The summed E-state index contributed by atoms with van der Waals surface area (Å²) < 4.78 is 0. The molecule has 5 heteroatoms. The van der Waals surface area contributed by atoms with Gasteiger partial charge in [0.25, 0.3) is 0 Å². The second-order valence-corrected chi connectivity index (χ2v) is 8.28. The Morgan fingerprint density at radius 2 is 1.85 bits per heavy atom. The van der Waals surface area contributed by atoms with Crippen molar-refractivity contribution < 1.29 is 0 Å². The summed E-state index contributed by atoms with van der Waals surface area (Å²) in [6.45, 7) is 7.07. The number of rotatable bonds is 7. The molecule has 1 unspecified atom stereocenters. The predicted molar refractivity (Wildman–Crippen MR) is 113 cm³/mol. The number of nitrogens with one attached hydrogen (secondary N) is 3. The maximum absolute atomic E-state index is 6.07. The zero-order valence-electron chi connectivity index (χ0n) is 15.2. The molecule has 0 bridgehead atoms. The van der Waals surface area contributed by atoms with Gasteiger partial charge in [0.05, 0.1) is 16.2 Å². The number of fused-ring (bicyclic) bond motifs is 1. The molecule has 26 heavy (non-hydrogen) atoms. The quantitative estimate of drug-likeness (QED) is 0.611. The molecule has 2 aromatic rings. The minimum absolute atomic E-state index is 0.114. The van der Waals surface area contributed by atoms with Crippen molar-refractivity contribution in [3.8, 4) is 0 Å². The smallest absolute Gasteiger partial charge is 0.0964 e. The lowest BCUT2D eigenvalue weighted by atomic mass is 9.93. The van der Waals surface area contributed by atoms with Crippen LogP contribution in [0.15, 0.2) is 48.5 Å². The molecule has 0 aliphatic carbocycles. The molecule has 138 valence electrons. The summed E-state index contributed by atoms with van der Waals surface area (Å²) in [6, 6.07) is 14.1. The third-order valence-electron chi connectivity index (χ3n) is 4.46. The summed E-state index contributed by atoms with van der Waals surface area (Å²) in [6.07, 6.45) is 4.49. The molecule has 0 radical (unpaired) electrons. The molecule has 3 rings (SSSR count). The first-order valence-corrected chi connectivity index (χ1v) is 9.60. The summed E-state index contributed by atoms with van der Waals surface area (Å²) >= 11 is 12.0. The van der Waals surface area contributed by atoms with E-state index in [4.69, 9.17) is 23.2 Å². The highest BCUT2D eigenvalue weighted by molar-refractivity contribution is 6.42. The monoisotopic (exact) mass is 389 g/mol. The van der Waals surface area contributed by atoms with Crippen LogP contribution in [-0.2, 0) is 6.54 Å². The van der Waals surface area contributed by atoms with E-state index in [1.54, 1.807) is 0 Å². The number of hydrogen-bond acceptors (Lipinski definition) is 3. The van der Waals surface area contributed by atoms with E-state index >= 15 is 0 Å². The molecule has 3 nitrogen and oxygen atoms in total. The van der Waals surface area contributed by atoms with Gasteiger partial charge in [-0.1, -0.05) is 67.4 Å². The molecule has 0 fully saturated rings. The Bertz CT molecular complexity index is 787. The number of benzene rings is 2. The molecule has 0 amide bonds. The topological polar surface area (TPSA) is 36.1 Å². The minimum Gasteiger partial charge on any atom is -0.366 e. The standard InChI is InChI=1S/C21H25Cl2N3/c1-21(2,13-24-12-15-7-9-17(22)18(23)11-15)14-25-20-10-8-16-5-3-4-6-19(16)26-20/h3-11,20,24-26H,12-14H2,1-2H3. The van der Waals surface area contributed by atoms with Crippen LogP contribution in [0, 0.1) is 5.41 Å². The van der Waals surface area contributed by atoms with Crippen LogP contribution in [0.4, 0.5) is 5.69 Å². The maximum Gasteiger partial charge on any atom is 0.0964 e. The Morgan fingerprint density at radius 1 is 1.04 bits per heavy atom. The molecule has 1 aliphatic rings. The van der Waals surface area contributed by atoms with Crippen LogP contribution in [0.2, 0.25) is 10.0 Å². The highest BCUT2D eigenvalue weighted by atomic mass is 35.5. The minimum atomic E-state index is 0.114. The number of anilines is 1. The van der Waals surface area contributed by atoms with Crippen molar-refractivity contribution in [1.82, 2.24) is 10.6 Å². The van der Waals surface area contributed by atoms with E-state index in [9.17, 15) is 0 Å². The number of para-hydroxylation sites is 1. The van der Waals surface area contributed by atoms with Crippen LogP contribution in [-0.4, -0.2) is 19.3 Å². The third-order valence-corrected chi connectivity index (χ3v) is 5.20. The van der Waals surface area contributed by atoms with Gasteiger partial charge in [0.15, 0.2) is 0 Å². The van der Waals surface area contributed by atoms with Gasteiger partial charge in [-0.15, -0.1) is 0 Å². The van der Waals surface area contributed by atoms with Crippen LogP contribution in [0.3, 0.4) is 0 Å². The van der Waals surface area contributed by atoms with Crippen molar-refractivity contribution in [2.75, 3.05) is 18.4 Å². The highest BCUT2D eigenvalue weighted by Crippen LogP contribution is 2.23. The molecule has 0 aromatic heterocycles. The van der Waals surface area contributed by atoms with Crippen LogP contribution in [0.1, 0.15) is 25.0 Å². The lowest BCUT2D eigenvalue weighted by molar-refractivity contribution is 0.315. The first kappa shape index (κ1) is 19.2. The van der Waals surface area contributed by atoms with Gasteiger partial charge in [-0.3, -0.25) is 5.32 Å². The molecule has 2 aromatic carbocycles. The zero-order valence-corrected chi connectivity index (χ0v) is 16.7. The molecular weight excluding hydrogens is 365 g/mol. The Kier molecular flexibility index (Phi) is 6.25. The van der Waals surface area contributed by atoms with E-state index in [1.807, 2.05) is 18.2 Å². The maximum atomic E-state index is 6.07. The van der Waals surface area contributed by atoms with Gasteiger partial charge in [-0.2, -0.15) is 0 Å². The zero-order chi connectivity index (χ0) is 18.6. The predicted octanol–water partition coefficient (Wildman–Crippen LogP) is 5.16. The largest absolute Gasteiger partial charge is 0.366 e. The van der Waals surface area contributed by atoms with E-state index in [-0.39, 0.29) is 11.6 Å². The fourth-order valence-electron chi connectivity index (χ4n) is 2.95. The van der Waals surface area contributed by atoms with Crippen molar-refractivity contribution in [2.45, 2.75) is 26.6 Å². The Morgan fingerprint density at radius 3 is 2.65 bits per heavy atom. The normalized spacial score (nSPS) is 16.2. The van der Waals surface area contributed by atoms with Gasteiger partial charge in [-0.25, -0.2) is 0 Å². The highest BCUT2D eigenvalue weighted by Gasteiger charge is 2.20. The van der Waals surface area contributed by atoms with E-state index in [0.29, 0.717) is 10.0 Å². The molecular formula is C21H25Cl2N3. The van der Waals surface area contributed by atoms with E-state index in [2.05, 4.69) is 66.2 Å². The van der Waals surface area contributed by atoms with Crippen molar-refractivity contribution in [3.05, 3.63) is 69.7 Å². The molecule has 3 N–H and O–H groups in total. The average molecular weight is 390 g/mol. The van der Waals surface area contributed by atoms with Gasteiger partial charge in [0.1, 0.15) is 0 Å². The number of hydrogen-bond donors (Lipinski definition) is 3. The summed E-state index contributed by atoms with van der Waals surface area (Å²) in [4.78, 5) is 0. The molecule has 0 spiro atoms. The lowest BCUT2D eigenvalue weighted by Crippen LogP contribution is -2.44. The van der Waals surface area contributed by atoms with Gasteiger partial charge in [0, 0.05) is 25.3 Å². The summed E-state index contributed by atoms with van der Waals surface area (Å²) in [5.41, 5.74) is 3.65. The van der Waals surface area contributed by atoms with Crippen molar-refractivity contribution in [1.29, 1.82) is 0 Å². The first-order valence-electron chi connectivity index (χ1n) is 8.85.